The maximum absolute atomic E-state index is 5.74. The van der Waals surface area contributed by atoms with Crippen molar-refractivity contribution in [1.82, 2.24) is 4.98 Å². The van der Waals surface area contributed by atoms with E-state index in [1.165, 1.54) is 19.3 Å². The van der Waals surface area contributed by atoms with Gasteiger partial charge in [0.15, 0.2) is 0 Å². The first kappa shape index (κ1) is 9.99. The Balaban J connectivity index is 1.97. The first-order chi connectivity index (χ1) is 6.90. The molecule has 2 atom stereocenters. The fourth-order valence-corrected chi connectivity index (χ4v) is 3.31. The lowest BCUT2D eigenvalue weighted by molar-refractivity contribution is 0.573. The molecule has 0 bridgehead atoms. The van der Waals surface area contributed by atoms with Crippen LogP contribution in [0.15, 0.2) is 29.4 Å². The van der Waals surface area contributed by atoms with Crippen LogP contribution in [0.1, 0.15) is 19.3 Å². The van der Waals surface area contributed by atoms with Crippen LogP contribution in [0.3, 0.4) is 0 Å². The molecule has 0 spiro atoms. The molecule has 2 N–H and O–H groups in total. The van der Waals surface area contributed by atoms with E-state index >= 15 is 0 Å². The fraction of sp³-hybridized carbons (Fsp3) is 0.545. The van der Waals surface area contributed by atoms with E-state index in [9.17, 15) is 0 Å². The van der Waals surface area contributed by atoms with E-state index in [4.69, 9.17) is 5.73 Å². The molecule has 1 aromatic heterocycles. The van der Waals surface area contributed by atoms with E-state index in [0.29, 0.717) is 11.2 Å². The number of hydrogen-bond donors (Lipinski definition) is 1. The first-order valence-corrected chi connectivity index (χ1v) is 6.06. The largest absolute Gasteiger partial charge is 0.330 e. The van der Waals surface area contributed by atoms with E-state index in [2.05, 4.69) is 11.1 Å². The number of nitrogens with two attached hydrogens (primary N) is 1. The Morgan fingerprint density at radius 3 is 3.07 bits per heavy atom. The summed E-state index contributed by atoms with van der Waals surface area (Å²) < 4.78 is 0. The van der Waals surface area contributed by atoms with Gasteiger partial charge in [-0.3, -0.25) is 0 Å². The minimum Gasteiger partial charge on any atom is -0.330 e. The van der Waals surface area contributed by atoms with E-state index in [1.807, 2.05) is 30.1 Å². The molecule has 1 fully saturated rings. The summed E-state index contributed by atoms with van der Waals surface area (Å²) in [6.45, 7) is 0.824. The van der Waals surface area contributed by atoms with E-state index in [0.717, 1.165) is 11.6 Å². The molecule has 3 heteroatoms. The number of hydrogen-bond acceptors (Lipinski definition) is 3. The molecule has 2 rings (SSSR count). The zero-order valence-corrected chi connectivity index (χ0v) is 9.04. The molecule has 2 nitrogen and oxygen atoms in total. The van der Waals surface area contributed by atoms with Crippen molar-refractivity contribution in [2.75, 3.05) is 6.54 Å². The number of thioether (sulfide) groups is 1. The molecule has 0 aromatic carbocycles. The van der Waals surface area contributed by atoms with Crippen LogP contribution < -0.4 is 5.73 Å². The summed E-state index contributed by atoms with van der Waals surface area (Å²) in [5.74, 6) is 0.696. The summed E-state index contributed by atoms with van der Waals surface area (Å²) >= 11 is 1.89. The van der Waals surface area contributed by atoms with Crippen LogP contribution in [0.5, 0.6) is 0 Å². The second-order valence-corrected chi connectivity index (χ2v) is 5.01. The van der Waals surface area contributed by atoms with Crippen LogP contribution in [0.25, 0.3) is 0 Å². The van der Waals surface area contributed by atoms with Crippen LogP contribution in [0.4, 0.5) is 0 Å². The van der Waals surface area contributed by atoms with Crippen molar-refractivity contribution in [2.45, 2.75) is 29.5 Å². The predicted octanol–water partition coefficient (Wildman–Crippen LogP) is 2.30. The third kappa shape index (κ3) is 2.28. The Kier molecular flexibility index (Phi) is 3.43. The van der Waals surface area contributed by atoms with Gasteiger partial charge in [-0.25, -0.2) is 4.98 Å². The van der Waals surface area contributed by atoms with Crippen LogP contribution in [-0.4, -0.2) is 16.8 Å². The molecule has 1 heterocycles. The van der Waals surface area contributed by atoms with E-state index < -0.39 is 0 Å². The molecule has 1 saturated carbocycles. The molecular weight excluding hydrogens is 192 g/mol. The lowest BCUT2D eigenvalue weighted by Crippen LogP contribution is -2.20. The highest BCUT2D eigenvalue weighted by Crippen LogP contribution is 2.37. The van der Waals surface area contributed by atoms with Gasteiger partial charge in [-0.05, 0) is 37.4 Å². The molecule has 0 saturated heterocycles. The molecular formula is C11H16N2S. The van der Waals surface area contributed by atoms with Crippen molar-refractivity contribution in [3.63, 3.8) is 0 Å². The van der Waals surface area contributed by atoms with Gasteiger partial charge in [0, 0.05) is 11.4 Å². The standard InChI is InChI=1S/C11H16N2S/c12-8-9-4-3-5-10(9)14-11-6-1-2-7-13-11/h1-2,6-7,9-10H,3-5,8,12H2. The molecule has 0 aliphatic heterocycles. The van der Waals surface area contributed by atoms with Crippen LogP contribution in [0.2, 0.25) is 0 Å². The summed E-state index contributed by atoms with van der Waals surface area (Å²) in [4.78, 5) is 4.33. The second kappa shape index (κ2) is 4.80. The molecule has 0 radical (unpaired) electrons. The number of nitrogens with zero attached hydrogens (tertiary/aromatic N) is 1. The maximum atomic E-state index is 5.74. The lowest BCUT2D eigenvalue weighted by atomic mass is 10.1. The predicted molar refractivity (Wildman–Crippen MR) is 60.3 cm³/mol. The smallest absolute Gasteiger partial charge is 0.0962 e. The first-order valence-electron chi connectivity index (χ1n) is 5.18. The molecule has 1 aromatic rings. The topological polar surface area (TPSA) is 38.9 Å². The summed E-state index contributed by atoms with van der Waals surface area (Å²) in [6.07, 6.45) is 5.77. The SMILES string of the molecule is NCC1CCCC1Sc1ccccn1. The number of aromatic nitrogens is 1. The Bertz CT molecular complexity index is 276. The quantitative estimate of drug-likeness (QED) is 0.828. The lowest BCUT2D eigenvalue weighted by Gasteiger charge is -2.16. The van der Waals surface area contributed by atoms with Crippen LogP contribution >= 0.6 is 11.8 Å². The molecule has 0 amide bonds. The second-order valence-electron chi connectivity index (χ2n) is 3.75. The minimum absolute atomic E-state index is 0.690. The zero-order valence-electron chi connectivity index (χ0n) is 8.23. The van der Waals surface area contributed by atoms with Gasteiger partial charge in [-0.1, -0.05) is 12.5 Å². The molecule has 14 heavy (non-hydrogen) atoms. The van der Waals surface area contributed by atoms with Crippen molar-refractivity contribution >= 4 is 11.8 Å². The fourth-order valence-electron chi connectivity index (χ4n) is 2.00. The van der Waals surface area contributed by atoms with Gasteiger partial charge in [-0.2, -0.15) is 0 Å². The molecule has 1 aliphatic rings. The maximum Gasteiger partial charge on any atom is 0.0962 e. The summed E-state index contributed by atoms with van der Waals surface area (Å²) in [6, 6.07) is 6.08. The zero-order chi connectivity index (χ0) is 9.80. The average molecular weight is 208 g/mol. The van der Waals surface area contributed by atoms with Crippen LogP contribution in [-0.2, 0) is 0 Å². The minimum atomic E-state index is 0.690. The van der Waals surface area contributed by atoms with Gasteiger partial charge in [0.1, 0.15) is 0 Å². The van der Waals surface area contributed by atoms with Gasteiger partial charge in [0.05, 0.1) is 5.03 Å². The Morgan fingerprint density at radius 1 is 1.43 bits per heavy atom. The number of rotatable bonds is 3. The Morgan fingerprint density at radius 2 is 2.36 bits per heavy atom. The normalized spacial score (nSPS) is 26.6. The van der Waals surface area contributed by atoms with Crippen LogP contribution in [0, 0.1) is 5.92 Å². The van der Waals surface area contributed by atoms with E-state index in [1.54, 1.807) is 0 Å². The van der Waals surface area contributed by atoms with Gasteiger partial charge >= 0.3 is 0 Å². The molecule has 1 aliphatic carbocycles. The van der Waals surface area contributed by atoms with Crippen molar-refractivity contribution in [3.05, 3.63) is 24.4 Å². The summed E-state index contributed by atoms with van der Waals surface area (Å²) in [7, 11) is 0. The van der Waals surface area contributed by atoms with Crippen molar-refractivity contribution < 1.29 is 0 Å². The monoisotopic (exact) mass is 208 g/mol. The van der Waals surface area contributed by atoms with Crippen molar-refractivity contribution in [2.24, 2.45) is 11.7 Å². The highest BCUT2D eigenvalue weighted by atomic mass is 32.2. The van der Waals surface area contributed by atoms with Gasteiger partial charge in [0.25, 0.3) is 0 Å². The molecule has 76 valence electrons. The van der Waals surface area contributed by atoms with Crippen molar-refractivity contribution in [3.8, 4) is 0 Å². The van der Waals surface area contributed by atoms with Gasteiger partial charge < -0.3 is 5.73 Å². The van der Waals surface area contributed by atoms with Crippen molar-refractivity contribution in [1.29, 1.82) is 0 Å². The third-order valence-electron chi connectivity index (χ3n) is 2.80. The highest BCUT2D eigenvalue weighted by molar-refractivity contribution is 7.99. The Labute approximate surface area is 89.3 Å². The van der Waals surface area contributed by atoms with Gasteiger partial charge in [0.2, 0.25) is 0 Å². The average Bonchev–Trinajstić information content (AvgIpc) is 2.67. The highest BCUT2D eigenvalue weighted by Gasteiger charge is 2.26. The van der Waals surface area contributed by atoms with Gasteiger partial charge in [-0.15, -0.1) is 11.8 Å². The number of pyridine rings is 1. The Hall–Kier alpha value is -0.540. The van der Waals surface area contributed by atoms with E-state index in [-0.39, 0.29) is 0 Å². The third-order valence-corrected chi connectivity index (χ3v) is 4.21. The summed E-state index contributed by atoms with van der Waals surface area (Å²) in [5, 5.41) is 1.83. The molecule has 2 unspecified atom stereocenters. The summed E-state index contributed by atoms with van der Waals surface area (Å²) in [5.41, 5.74) is 5.74.